The van der Waals surface area contributed by atoms with Crippen molar-refractivity contribution < 1.29 is 19.5 Å². The highest BCUT2D eigenvalue weighted by molar-refractivity contribution is 5.88. The highest BCUT2D eigenvalue weighted by Crippen LogP contribution is 2.07. The lowest BCUT2D eigenvalue weighted by Gasteiger charge is -2.22. The number of hydrogen-bond donors (Lipinski definition) is 3. The molecule has 0 saturated heterocycles. The Hall–Kier alpha value is -1.79. The average molecular weight is 273 g/mol. The van der Waals surface area contributed by atoms with Gasteiger partial charge in [-0.05, 0) is 12.8 Å². The molecule has 0 aliphatic rings. The molecule has 7 heteroatoms. The summed E-state index contributed by atoms with van der Waals surface area (Å²) >= 11 is 0. The molecule has 0 saturated carbocycles. The van der Waals surface area contributed by atoms with E-state index in [9.17, 15) is 14.4 Å². The van der Waals surface area contributed by atoms with Gasteiger partial charge in [-0.25, -0.2) is 9.59 Å². The van der Waals surface area contributed by atoms with E-state index in [0.717, 1.165) is 0 Å². The zero-order chi connectivity index (χ0) is 15.2. The van der Waals surface area contributed by atoms with Crippen LogP contribution in [0.3, 0.4) is 0 Å². The monoisotopic (exact) mass is 273 g/mol. The van der Waals surface area contributed by atoms with E-state index in [2.05, 4.69) is 10.6 Å². The number of carboxylic acids is 1. The fourth-order valence-corrected chi connectivity index (χ4v) is 1.51. The van der Waals surface area contributed by atoms with Crippen LogP contribution >= 0.6 is 0 Å². The van der Waals surface area contributed by atoms with E-state index in [4.69, 9.17) is 5.11 Å². The summed E-state index contributed by atoms with van der Waals surface area (Å²) in [5.74, 6) is -1.54. The number of hydrogen-bond acceptors (Lipinski definition) is 3. The second-order valence-corrected chi connectivity index (χ2v) is 4.77. The average Bonchev–Trinajstić information content (AvgIpc) is 2.33. The van der Waals surface area contributed by atoms with Gasteiger partial charge in [0.05, 0.1) is 0 Å². The van der Waals surface area contributed by atoms with Crippen LogP contribution in [0.4, 0.5) is 4.79 Å². The minimum atomic E-state index is -1.09. The maximum absolute atomic E-state index is 11.7. The van der Waals surface area contributed by atoms with Crippen molar-refractivity contribution in [2.75, 3.05) is 14.1 Å². The number of urea groups is 1. The van der Waals surface area contributed by atoms with E-state index in [1.54, 1.807) is 27.9 Å². The van der Waals surface area contributed by atoms with Crippen molar-refractivity contribution in [2.24, 2.45) is 5.92 Å². The van der Waals surface area contributed by atoms with Gasteiger partial charge in [-0.15, -0.1) is 0 Å². The normalized spacial score (nSPS) is 15.0. The molecule has 0 aromatic rings. The van der Waals surface area contributed by atoms with Gasteiger partial charge < -0.3 is 20.6 Å². The van der Waals surface area contributed by atoms with Crippen molar-refractivity contribution in [2.45, 2.75) is 39.3 Å². The molecule has 2 unspecified atom stereocenters. The number of nitrogens with zero attached hydrogens (tertiary/aromatic N) is 1. The minimum absolute atomic E-state index is 0.192. The number of carbonyl (C=O) groups is 3. The fourth-order valence-electron chi connectivity index (χ4n) is 1.51. The van der Waals surface area contributed by atoms with Crippen LogP contribution in [0, 0.1) is 5.92 Å². The van der Waals surface area contributed by atoms with Crippen LogP contribution in [-0.2, 0) is 9.59 Å². The predicted molar refractivity (Wildman–Crippen MR) is 70.7 cm³/mol. The number of carboxylic acid groups (broad SMARTS) is 1. The molecular weight excluding hydrogens is 250 g/mol. The zero-order valence-corrected chi connectivity index (χ0v) is 12.1. The smallest absolute Gasteiger partial charge is 0.326 e. The van der Waals surface area contributed by atoms with Crippen molar-refractivity contribution in [1.29, 1.82) is 0 Å². The summed E-state index contributed by atoms with van der Waals surface area (Å²) in [5.41, 5.74) is 0. The molecule has 0 radical (unpaired) electrons. The highest BCUT2D eigenvalue weighted by Gasteiger charge is 2.26. The summed E-state index contributed by atoms with van der Waals surface area (Å²) in [7, 11) is 3.16. The fraction of sp³-hybridized carbons (Fsp3) is 0.750. The largest absolute Gasteiger partial charge is 0.480 e. The summed E-state index contributed by atoms with van der Waals surface area (Å²) in [6.07, 6.45) is 0.628. The van der Waals surface area contributed by atoms with E-state index >= 15 is 0 Å². The lowest BCUT2D eigenvalue weighted by atomic mass is 9.99. The topological polar surface area (TPSA) is 98.7 Å². The van der Waals surface area contributed by atoms with E-state index in [0.29, 0.717) is 6.42 Å². The number of aliphatic carboxylic acids is 1. The van der Waals surface area contributed by atoms with Crippen molar-refractivity contribution in [3.05, 3.63) is 0 Å². The molecule has 0 aliphatic carbocycles. The van der Waals surface area contributed by atoms with Crippen LogP contribution in [0.2, 0.25) is 0 Å². The lowest BCUT2D eigenvalue weighted by molar-refractivity contribution is -0.140. The highest BCUT2D eigenvalue weighted by atomic mass is 16.4. The molecule has 3 amide bonds. The molecule has 0 spiro atoms. The van der Waals surface area contributed by atoms with Crippen LogP contribution in [0.25, 0.3) is 0 Å². The molecule has 0 bridgehead atoms. The van der Waals surface area contributed by atoms with Crippen LogP contribution in [0.1, 0.15) is 27.2 Å². The Kier molecular flexibility index (Phi) is 6.89. The third-order valence-corrected chi connectivity index (χ3v) is 2.92. The Morgan fingerprint density at radius 1 is 1.16 bits per heavy atom. The molecule has 0 aromatic carbocycles. The second-order valence-electron chi connectivity index (χ2n) is 4.77. The molecule has 7 nitrogen and oxygen atoms in total. The predicted octanol–water partition coefficient (Wildman–Crippen LogP) is 0.262. The molecule has 0 fully saturated rings. The number of likely N-dealkylation sites (N-methyl/N-ethyl adjacent to an activating group) is 1. The standard InChI is InChI=1S/C12H23N3O4/c1-6-7(2)9(11(17)18)14-12(19)13-8(3)10(16)15(4)5/h7-9H,6H2,1-5H3,(H,17,18)(H2,13,14,19)/t7?,8?,9-/m0/s1. The van der Waals surface area contributed by atoms with Crippen molar-refractivity contribution in [1.82, 2.24) is 15.5 Å². The quantitative estimate of drug-likeness (QED) is 0.646. The zero-order valence-electron chi connectivity index (χ0n) is 12.1. The molecule has 3 N–H and O–H groups in total. The first-order valence-electron chi connectivity index (χ1n) is 6.21. The van der Waals surface area contributed by atoms with Gasteiger partial charge >= 0.3 is 12.0 Å². The molecule has 0 aromatic heterocycles. The van der Waals surface area contributed by atoms with Gasteiger partial charge in [0, 0.05) is 14.1 Å². The Balaban J connectivity index is 4.51. The first-order valence-corrected chi connectivity index (χ1v) is 6.21. The Morgan fingerprint density at radius 3 is 2.05 bits per heavy atom. The molecule has 0 rings (SSSR count). The van der Waals surface area contributed by atoms with Gasteiger partial charge in [-0.3, -0.25) is 4.79 Å². The molecule has 3 atom stereocenters. The number of carbonyl (C=O) groups excluding carboxylic acids is 2. The Morgan fingerprint density at radius 2 is 1.68 bits per heavy atom. The molecule has 19 heavy (non-hydrogen) atoms. The summed E-state index contributed by atoms with van der Waals surface area (Å²) in [6.45, 7) is 5.13. The summed E-state index contributed by atoms with van der Waals surface area (Å²) in [4.78, 5) is 35.6. The lowest BCUT2D eigenvalue weighted by Crippen LogP contribution is -2.53. The summed E-state index contributed by atoms with van der Waals surface area (Å²) < 4.78 is 0. The van der Waals surface area contributed by atoms with Gasteiger partial charge in [-0.2, -0.15) is 0 Å². The van der Waals surface area contributed by atoms with E-state index in [1.807, 2.05) is 6.92 Å². The van der Waals surface area contributed by atoms with E-state index in [-0.39, 0.29) is 11.8 Å². The SMILES string of the molecule is CCC(C)[C@H](NC(=O)NC(C)C(=O)N(C)C)C(=O)O. The van der Waals surface area contributed by atoms with Gasteiger partial charge in [-0.1, -0.05) is 20.3 Å². The minimum Gasteiger partial charge on any atom is -0.480 e. The first-order chi connectivity index (χ1) is 8.70. The summed E-state index contributed by atoms with van der Waals surface area (Å²) in [6, 6.07) is -2.33. The van der Waals surface area contributed by atoms with Crippen LogP contribution in [0.5, 0.6) is 0 Å². The number of amides is 3. The van der Waals surface area contributed by atoms with Gasteiger partial charge in [0.1, 0.15) is 12.1 Å². The third kappa shape index (κ3) is 5.58. The molecule has 0 aliphatic heterocycles. The molecule has 0 heterocycles. The van der Waals surface area contributed by atoms with Crippen LogP contribution < -0.4 is 10.6 Å². The maximum Gasteiger partial charge on any atom is 0.326 e. The van der Waals surface area contributed by atoms with Gasteiger partial charge in [0.15, 0.2) is 0 Å². The first kappa shape index (κ1) is 17.2. The van der Waals surface area contributed by atoms with Crippen molar-refractivity contribution in [3.63, 3.8) is 0 Å². The van der Waals surface area contributed by atoms with Crippen molar-refractivity contribution in [3.8, 4) is 0 Å². The second kappa shape index (κ2) is 7.60. The van der Waals surface area contributed by atoms with Crippen LogP contribution in [0.15, 0.2) is 0 Å². The Labute approximate surface area is 113 Å². The number of rotatable bonds is 6. The molecular formula is C12H23N3O4. The van der Waals surface area contributed by atoms with E-state index < -0.39 is 24.1 Å². The van der Waals surface area contributed by atoms with Crippen LogP contribution in [-0.4, -0.2) is 54.1 Å². The van der Waals surface area contributed by atoms with Crippen molar-refractivity contribution >= 4 is 17.9 Å². The van der Waals surface area contributed by atoms with E-state index in [1.165, 1.54) is 4.90 Å². The number of nitrogens with one attached hydrogen (secondary N) is 2. The van der Waals surface area contributed by atoms with Gasteiger partial charge in [0.2, 0.25) is 5.91 Å². The molecule has 110 valence electrons. The van der Waals surface area contributed by atoms with Gasteiger partial charge in [0.25, 0.3) is 0 Å². The maximum atomic E-state index is 11.7. The third-order valence-electron chi connectivity index (χ3n) is 2.92. The summed E-state index contributed by atoms with van der Waals surface area (Å²) in [5, 5.41) is 13.8. The Bertz CT molecular complexity index is 344.